The molecule has 0 radical (unpaired) electrons. The van der Waals surface area contributed by atoms with Crippen molar-refractivity contribution in [3.05, 3.63) is 51.3 Å². The number of aromatic amines is 1. The molecule has 1 aliphatic heterocycles. The van der Waals surface area contributed by atoms with Crippen LogP contribution in [-0.4, -0.2) is 16.4 Å². The summed E-state index contributed by atoms with van der Waals surface area (Å²) in [6.45, 7) is 0.530. The molecule has 16 heavy (non-hydrogen) atoms. The highest BCUT2D eigenvalue weighted by atomic mass is 16.3. The fourth-order valence-electron chi connectivity index (χ4n) is 1.80. The third-order valence-corrected chi connectivity index (χ3v) is 2.60. The summed E-state index contributed by atoms with van der Waals surface area (Å²) in [4.78, 5) is 15.5. The fraction of sp³-hybridized carbons (Fsp3) is 0.182. The lowest BCUT2D eigenvalue weighted by atomic mass is 10.1. The van der Waals surface area contributed by atoms with Crippen LogP contribution in [0.15, 0.2) is 32.6 Å². The Balaban J connectivity index is 2.04. The minimum absolute atomic E-state index is 0.181. The number of fused-ring (bicyclic) bond motifs is 1. The van der Waals surface area contributed by atoms with E-state index in [1.807, 2.05) is 12.1 Å². The van der Waals surface area contributed by atoms with Crippen LogP contribution in [0.1, 0.15) is 22.6 Å². The van der Waals surface area contributed by atoms with Crippen LogP contribution in [0.2, 0.25) is 0 Å². The number of hydrogen-bond donors (Lipinski definition) is 1. The average molecular weight is 215 g/mol. The third-order valence-electron chi connectivity index (χ3n) is 2.60. The molecule has 1 N–H and O–H groups in total. The van der Waals surface area contributed by atoms with E-state index in [1.165, 1.54) is 0 Å². The zero-order chi connectivity index (χ0) is 11.0. The molecule has 0 bridgehead atoms. The van der Waals surface area contributed by atoms with E-state index in [-0.39, 0.29) is 5.56 Å². The van der Waals surface area contributed by atoms with Gasteiger partial charge in [-0.3, -0.25) is 9.79 Å². The molecule has 0 aliphatic carbocycles. The van der Waals surface area contributed by atoms with Crippen molar-refractivity contribution >= 4 is 6.21 Å². The van der Waals surface area contributed by atoms with Gasteiger partial charge in [0.1, 0.15) is 5.76 Å². The maximum Gasteiger partial charge on any atom is 0.273 e. The van der Waals surface area contributed by atoms with Crippen molar-refractivity contribution in [3.63, 3.8) is 0 Å². The van der Waals surface area contributed by atoms with Crippen molar-refractivity contribution in [2.45, 2.75) is 13.0 Å². The van der Waals surface area contributed by atoms with E-state index in [2.05, 4.69) is 15.2 Å². The van der Waals surface area contributed by atoms with Gasteiger partial charge in [-0.25, -0.2) is 5.10 Å². The van der Waals surface area contributed by atoms with Gasteiger partial charge < -0.3 is 4.42 Å². The van der Waals surface area contributed by atoms with Crippen LogP contribution in [0.4, 0.5) is 0 Å². The molecule has 5 nitrogen and oxygen atoms in total. The second-order valence-electron chi connectivity index (χ2n) is 3.62. The van der Waals surface area contributed by atoms with Crippen LogP contribution in [0, 0.1) is 0 Å². The minimum atomic E-state index is -0.181. The van der Waals surface area contributed by atoms with E-state index in [0.29, 0.717) is 18.5 Å². The van der Waals surface area contributed by atoms with Crippen molar-refractivity contribution in [2.24, 2.45) is 4.99 Å². The highest BCUT2D eigenvalue weighted by Crippen LogP contribution is 2.17. The predicted molar refractivity (Wildman–Crippen MR) is 57.7 cm³/mol. The highest BCUT2D eigenvalue weighted by molar-refractivity contribution is 5.84. The lowest BCUT2D eigenvalue weighted by Crippen LogP contribution is -2.17. The van der Waals surface area contributed by atoms with Crippen molar-refractivity contribution in [1.29, 1.82) is 0 Å². The van der Waals surface area contributed by atoms with Crippen molar-refractivity contribution in [2.75, 3.05) is 0 Å². The van der Waals surface area contributed by atoms with Gasteiger partial charge in [-0.15, -0.1) is 0 Å². The van der Waals surface area contributed by atoms with Gasteiger partial charge >= 0.3 is 0 Å². The van der Waals surface area contributed by atoms with Crippen LogP contribution in [-0.2, 0) is 13.0 Å². The monoisotopic (exact) mass is 215 g/mol. The number of furan rings is 1. The number of rotatable bonds is 2. The molecule has 0 saturated carbocycles. The van der Waals surface area contributed by atoms with Crippen LogP contribution in [0.5, 0.6) is 0 Å². The van der Waals surface area contributed by atoms with Gasteiger partial charge in [0.2, 0.25) is 0 Å². The summed E-state index contributed by atoms with van der Waals surface area (Å²) in [6.07, 6.45) is 3.80. The first kappa shape index (κ1) is 9.08. The summed E-state index contributed by atoms with van der Waals surface area (Å²) >= 11 is 0. The molecule has 0 amide bonds. The van der Waals surface area contributed by atoms with Gasteiger partial charge in [0.15, 0.2) is 0 Å². The second kappa shape index (κ2) is 3.44. The summed E-state index contributed by atoms with van der Waals surface area (Å²) in [5.74, 6) is 0.827. The van der Waals surface area contributed by atoms with Gasteiger partial charge in [-0.2, -0.15) is 5.10 Å². The van der Waals surface area contributed by atoms with E-state index in [4.69, 9.17) is 4.42 Å². The lowest BCUT2D eigenvalue weighted by Gasteiger charge is -2.03. The first-order valence-corrected chi connectivity index (χ1v) is 4.97. The number of H-pyrrole nitrogens is 1. The molecule has 3 heterocycles. The lowest BCUT2D eigenvalue weighted by molar-refractivity contribution is 0.517. The highest BCUT2D eigenvalue weighted by Gasteiger charge is 2.16. The summed E-state index contributed by atoms with van der Waals surface area (Å²) in [5, 5.41) is 6.52. The van der Waals surface area contributed by atoms with Gasteiger partial charge in [-0.05, 0) is 12.1 Å². The van der Waals surface area contributed by atoms with Crippen molar-refractivity contribution in [3.8, 4) is 0 Å². The molecule has 0 atom stereocenters. The zero-order valence-corrected chi connectivity index (χ0v) is 8.43. The summed E-state index contributed by atoms with van der Waals surface area (Å²) < 4.78 is 5.25. The topological polar surface area (TPSA) is 71.2 Å². The molecule has 5 heteroatoms. The van der Waals surface area contributed by atoms with Gasteiger partial charge in [0.05, 0.1) is 30.5 Å². The number of aliphatic imine (C=N–C) groups is 1. The number of hydrogen-bond acceptors (Lipinski definition) is 4. The molecule has 2 aromatic rings. The predicted octanol–water partition coefficient (Wildman–Crippen LogP) is 0.886. The van der Waals surface area contributed by atoms with E-state index in [1.54, 1.807) is 12.5 Å². The maximum absolute atomic E-state index is 11.4. The van der Waals surface area contributed by atoms with Crippen molar-refractivity contribution in [1.82, 2.24) is 10.2 Å². The smallest absolute Gasteiger partial charge is 0.273 e. The molecule has 0 aromatic carbocycles. The molecule has 3 rings (SSSR count). The van der Waals surface area contributed by atoms with E-state index < -0.39 is 0 Å². The maximum atomic E-state index is 11.4. The first-order valence-electron chi connectivity index (χ1n) is 4.97. The Hall–Kier alpha value is -2.17. The molecule has 0 fully saturated rings. The van der Waals surface area contributed by atoms with Crippen LogP contribution >= 0.6 is 0 Å². The minimum Gasteiger partial charge on any atom is -0.469 e. The fourth-order valence-corrected chi connectivity index (χ4v) is 1.80. The third kappa shape index (κ3) is 1.37. The van der Waals surface area contributed by atoms with Crippen LogP contribution in [0.3, 0.4) is 0 Å². The quantitative estimate of drug-likeness (QED) is 0.808. The summed E-state index contributed by atoms with van der Waals surface area (Å²) in [7, 11) is 0. The molecular formula is C11H9N3O2. The van der Waals surface area contributed by atoms with Gasteiger partial charge in [-0.1, -0.05) is 0 Å². The van der Waals surface area contributed by atoms with E-state index >= 15 is 0 Å². The molecule has 1 aliphatic rings. The Bertz CT molecular complexity index is 596. The summed E-state index contributed by atoms with van der Waals surface area (Å²) in [5.41, 5.74) is 2.17. The zero-order valence-electron chi connectivity index (χ0n) is 8.43. The van der Waals surface area contributed by atoms with E-state index in [0.717, 1.165) is 17.0 Å². The first-order chi connectivity index (χ1) is 7.84. The Morgan fingerprint density at radius 3 is 3.25 bits per heavy atom. The Labute approximate surface area is 90.8 Å². The van der Waals surface area contributed by atoms with Gasteiger partial charge in [0, 0.05) is 11.8 Å². The number of nitrogens with one attached hydrogen (secondary N) is 1. The average Bonchev–Trinajstić information content (AvgIpc) is 2.92. The van der Waals surface area contributed by atoms with Crippen LogP contribution < -0.4 is 5.56 Å². The van der Waals surface area contributed by atoms with Crippen LogP contribution in [0.25, 0.3) is 0 Å². The standard InChI is InChI=1S/C11H9N3O2/c15-11-9-6-12-5-8(9)10(13-14-11)4-7-2-1-3-16-7/h1-3,6H,4-5H2,(H,14,15). The van der Waals surface area contributed by atoms with Crippen molar-refractivity contribution < 1.29 is 4.42 Å². The Morgan fingerprint density at radius 2 is 2.44 bits per heavy atom. The Kier molecular flexibility index (Phi) is 1.96. The molecule has 0 spiro atoms. The SMILES string of the molecule is O=c1[nH]nc(Cc2ccco2)c2c1C=NC2. The largest absolute Gasteiger partial charge is 0.469 e. The molecule has 2 aromatic heterocycles. The normalized spacial score (nSPS) is 13.0. The number of nitrogens with zero attached hydrogens (tertiary/aromatic N) is 2. The molecule has 0 saturated heterocycles. The van der Waals surface area contributed by atoms with E-state index in [9.17, 15) is 4.79 Å². The second-order valence-corrected chi connectivity index (χ2v) is 3.62. The van der Waals surface area contributed by atoms with Gasteiger partial charge in [0.25, 0.3) is 5.56 Å². The molecular weight excluding hydrogens is 206 g/mol. The molecule has 80 valence electrons. The number of aromatic nitrogens is 2. The Morgan fingerprint density at radius 1 is 1.50 bits per heavy atom. The summed E-state index contributed by atoms with van der Waals surface area (Å²) in [6, 6.07) is 3.72. The molecule has 0 unspecified atom stereocenters.